The van der Waals surface area contributed by atoms with Crippen LogP contribution in [0.1, 0.15) is 21.6 Å². The number of H-pyrrole nitrogens is 1. The van der Waals surface area contributed by atoms with E-state index in [1.807, 2.05) is 31.2 Å². The lowest BCUT2D eigenvalue weighted by Crippen LogP contribution is -2.22. The monoisotopic (exact) mass is 277 g/mol. The molecule has 0 fully saturated rings. The maximum Gasteiger partial charge on any atom is 0.0737 e. The lowest BCUT2D eigenvalue weighted by Gasteiger charge is -2.05. The number of carboxylic acid groups (broad SMARTS) is 1. The Kier molecular flexibility index (Phi) is 3.28. The topological polar surface area (TPSA) is 68.3 Å². The number of para-hydroxylation sites is 2. The van der Waals surface area contributed by atoms with Crippen molar-refractivity contribution in [2.45, 2.75) is 6.92 Å². The van der Waals surface area contributed by atoms with Crippen LogP contribution in [0.5, 0.6) is 0 Å². The van der Waals surface area contributed by atoms with Gasteiger partial charge in [0.15, 0.2) is 0 Å². The third-order valence-corrected chi connectivity index (χ3v) is 3.40. The number of hydrogen-bond donors (Lipinski definition) is 1. The molecule has 0 atom stereocenters. The second kappa shape index (κ2) is 5.25. The van der Waals surface area contributed by atoms with Crippen molar-refractivity contribution >= 4 is 28.8 Å². The molecule has 4 nitrogen and oxygen atoms in total. The summed E-state index contributed by atoms with van der Waals surface area (Å²) in [6.45, 7) is 1.96. The van der Waals surface area contributed by atoms with E-state index in [-0.39, 0.29) is 5.56 Å². The van der Waals surface area contributed by atoms with E-state index < -0.39 is 5.97 Å². The summed E-state index contributed by atoms with van der Waals surface area (Å²) in [6.07, 6.45) is 1.69. The number of aromatic amines is 1. The minimum Gasteiger partial charge on any atom is -0.545 e. The molecule has 1 heterocycles. The van der Waals surface area contributed by atoms with Gasteiger partial charge in [0.25, 0.3) is 0 Å². The van der Waals surface area contributed by atoms with Crippen molar-refractivity contribution < 1.29 is 9.90 Å². The number of aromatic carboxylic acids is 1. The summed E-state index contributed by atoms with van der Waals surface area (Å²) >= 11 is 0. The van der Waals surface area contributed by atoms with Crippen LogP contribution < -0.4 is 5.11 Å². The van der Waals surface area contributed by atoms with E-state index in [0.717, 1.165) is 22.2 Å². The third kappa shape index (κ3) is 2.43. The SMILES string of the molecule is Cc1[nH]c2ccccc2c1C=Nc1ccccc1C(=O)[O-]. The Morgan fingerprint density at radius 3 is 2.67 bits per heavy atom. The highest BCUT2D eigenvalue weighted by molar-refractivity contribution is 6.02. The van der Waals surface area contributed by atoms with E-state index in [1.54, 1.807) is 24.4 Å². The molecule has 0 radical (unpaired) electrons. The number of carboxylic acids is 1. The molecule has 3 aromatic rings. The molecule has 2 aromatic carbocycles. The van der Waals surface area contributed by atoms with E-state index in [1.165, 1.54) is 6.07 Å². The predicted octanol–water partition coefficient (Wildman–Crippen LogP) is 2.59. The predicted molar refractivity (Wildman–Crippen MR) is 81.1 cm³/mol. The maximum atomic E-state index is 11.1. The molecular weight excluding hydrogens is 264 g/mol. The Labute approximate surface area is 121 Å². The van der Waals surface area contributed by atoms with E-state index >= 15 is 0 Å². The van der Waals surface area contributed by atoms with E-state index in [0.29, 0.717) is 5.69 Å². The van der Waals surface area contributed by atoms with Crippen LogP contribution in [0, 0.1) is 6.92 Å². The van der Waals surface area contributed by atoms with E-state index in [9.17, 15) is 9.90 Å². The molecule has 0 saturated carbocycles. The van der Waals surface area contributed by atoms with Gasteiger partial charge in [-0.2, -0.15) is 0 Å². The Hall–Kier alpha value is -2.88. The zero-order chi connectivity index (χ0) is 14.8. The quantitative estimate of drug-likeness (QED) is 0.748. The summed E-state index contributed by atoms with van der Waals surface area (Å²) in [6, 6.07) is 14.5. The van der Waals surface area contributed by atoms with Gasteiger partial charge in [-0.3, -0.25) is 4.99 Å². The maximum absolute atomic E-state index is 11.1. The zero-order valence-corrected chi connectivity index (χ0v) is 11.5. The Morgan fingerprint density at radius 1 is 1.14 bits per heavy atom. The fourth-order valence-electron chi connectivity index (χ4n) is 2.36. The van der Waals surface area contributed by atoms with E-state index in [4.69, 9.17) is 0 Å². The fourth-order valence-corrected chi connectivity index (χ4v) is 2.36. The normalized spacial score (nSPS) is 11.3. The summed E-state index contributed by atoms with van der Waals surface area (Å²) in [5.41, 5.74) is 3.46. The molecule has 0 aliphatic rings. The van der Waals surface area contributed by atoms with Gasteiger partial charge in [-0.05, 0) is 19.1 Å². The first kappa shape index (κ1) is 13.1. The smallest absolute Gasteiger partial charge is 0.0737 e. The molecule has 1 N–H and O–H groups in total. The number of nitrogens with one attached hydrogen (secondary N) is 1. The van der Waals surface area contributed by atoms with Gasteiger partial charge in [0, 0.05) is 33.9 Å². The Balaban J connectivity index is 2.07. The van der Waals surface area contributed by atoms with Gasteiger partial charge in [0.1, 0.15) is 0 Å². The fraction of sp³-hybridized carbons (Fsp3) is 0.0588. The van der Waals surface area contributed by atoms with Crippen LogP contribution in [-0.4, -0.2) is 17.2 Å². The van der Waals surface area contributed by atoms with Crippen LogP contribution in [0.3, 0.4) is 0 Å². The molecular formula is C17H13N2O2-. The number of carbonyl (C=O) groups excluding carboxylic acids is 1. The number of carbonyl (C=O) groups is 1. The molecule has 3 rings (SSSR count). The average Bonchev–Trinajstić information content (AvgIpc) is 2.81. The first-order valence-corrected chi connectivity index (χ1v) is 6.58. The van der Waals surface area contributed by atoms with Crippen molar-refractivity contribution in [3.8, 4) is 0 Å². The molecule has 0 aliphatic heterocycles. The van der Waals surface area contributed by atoms with Gasteiger partial charge in [-0.1, -0.05) is 36.4 Å². The second-order valence-corrected chi connectivity index (χ2v) is 4.77. The molecule has 0 aliphatic carbocycles. The van der Waals surface area contributed by atoms with Crippen molar-refractivity contribution in [1.82, 2.24) is 4.98 Å². The van der Waals surface area contributed by atoms with Gasteiger partial charge >= 0.3 is 0 Å². The number of hydrogen-bond acceptors (Lipinski definition) is 3. The van der Waals surface area contributed by atoms with Crippen LogP contribution in [-0.2, 0) is 0 Å². The standard InChI is InChI=1S/C17H14N2O2/c1-11-14(12-6-2-5-9-16(12)19-11)10-18-15-8-4-3-7-13(15)17(20)21/h2-10,19H,1H3,(H,20,21)/p-1. The molecule has 0 bridgehead atoms. The molecule has 4 heteroatoms. The van der Waals surface area contributed by atoms with Crippen molar-refractivity contribution in [3.05, 3.63) is 65.4 Å². The number of benzene rings is 2. The average molecular weight is 277 g/mol. The summed E-state index contributed by atoms with van der Waals surface area (Å²) < 4.78 is 0. The summed E-state index contributed by atoms with van der Waals surface area (Å²) in [5, 5.41) is 12.1. The minimum atomic E-state index is -1.22. The van der Waals surface area contributed by atoms with Crippen LogP contribution in [0.4, 0.5) is 5.69 Å². The number of fused-ring (bicyclic) bond motifs is 1. The highest BCUT2D eigenvalue weighted by atomic mass is 16.4. The van der Waals surface area contributed by atoms with Crippen molar-refractivity contribution in [1.29, 1.82) is 0 Å². The highest BCUT2D eigenvalue weighted by Crippen LogP contribution is 2.22. The lowest BCUT2D eigenvalue weighted by molar-refractivity contribution is -0.254. The minimum absolute atomic E-state index is 0.0891. The third-order valence-electron chi connectivity index (χ3n) is 3.40. The lowest BCUT2D eigenvalue weighted by atomic mass is 10.1. The summed E-state index contributed by atoms with van der Waals surface area (Å²) in [5.74, 6) is -1.22. The van der Waals surface area contributed by atoms with Gasteiger partial charge in [-0.15, -0.1) is 0 Å². The molecule has 0 saturated heterocycles. The summed E-state index contributed by atoms with van der Waals surface area (Å²) in [4.78, 5) is 18.7. The molecule has 21 heavy (non-hydrogen) atoms. The van der Waals surface area contributed by atoms with Crippen LogP contribution >= 0.6 is 0 Å². The number of rotatable bonds is 3. The number of aryl methyl sites for hydroxylation is 1. The summed E-state index contributed by atoms with van der Waals surface area (Å²) in [7, 11) is 0. The first-order valence-electron chi connectivity index (χ1n) is 6.58. The van der Waals surface area contributed by atoms with Crippen molar-refractivity contribution in [3.63, 3.8) is 0 Å². The van der Waals surface area contributed by atoms with E-state index in [2.05, 4.69) is 9.98 Å². The van der Waals surface area contributed by atoms with Gasteiger partial charge < -0.3 is 14.9 Å². The number of aromatic nitrogens is 1. The Morgan fingerprint density at radius 2 is 1.86 bits per heavy atom. The van der Waals surface area contributed by atoms with Crippen molar-refractivity contribution in [2.75, 3.05) is 0 Å². The van der Waals surface area contributed by atoms with Gasteiger partial charge in [0.2, 0.25) is 0 Å². The number of nitrogens with zero attached hydrogens (tertiary/aromatic N) is 1. The highest BCUT2D eigenvalue weighted by Gasteiger charge is 2.06. The first-order chi connectivity index (χ1) is 10.2. The van der Waals surface area contributed by atoms with Crippen LogP contribution in [0.15, 0.2) is 53.5 Å². The molecule has 0 unspecified atom stereocenters. The second-order valence-electron chi connectivity index (χ2n) is 4.77. The molecule has 1 aromatic heterocycles. The Bertz CT molecular complexity index is 847. The van der Waals surface area contributed by atoms with Gasteiger partial charge in [-0.25, -0.2) is 0 Å². The molecule has 104 valence electrons. The van der Waals surface area contributed by atoms with Crippen molar-refractivity contribution in [2.24, 2.45) is 4.99 Å². The largest absolute Gasteiger partial charge is 0.545 e. The number of aliphatic imine (C=N–C) groups is 1. The molecule has 0 amide bonds. The van der Waals surface area contributed by atoms with Crippen LogP contribution in [0.2, 0.25) is 0 Å². The zero-order valence-electron chi connectivity index (χ0n) is 11.5. The van der Waals surface area contributed by atoms with Gasteiger partial charge in [0.05, 0.1) is 11.7 Å². The van der Waals surface area contributed by atoms with Crippen LogP contribution in [0.25, 0.3) is 10.9 Å². The molecule has 0 spiro atoms.